The molecule has 0 spiro atoms. The summed E-state index contributed by atoms with van der Waals surface area (Å²) in [6, 6.07) is 2.64. The molecule has 0 unspecified atom stereocenters. The molecule has 24 heavy (non-hydrogen) atoms. The molecular formula is C16H18FN3O4. The van der Waals surface area contributed by atoms with Crippen molar-refractivity contribution in [2.45, 2.75) is 25.3 Å². The number of rotatable bonds is 3. The topological polar surface area (TPSA) is 89.9 Å². The van der Waals surface area contributed by atoms with Crippen LogP contribution >= 0.6 is 0 Å². The Bertz CT molecular complexity index is 694. The Morgan fingerprint density at radius 3 is 2.71 bits per heavy atom. The minimum atomic E-state index is -1.08. The fourth-order valence-electron chi connectivity index (χ4n) is 3.15. The predicted molar refractivity (Wildman–Crippen MR) is 83.5 cm³/mol. The zero-order valence-corrected chi connectivity index (χ0v) is 13.0. The van der Waals surface area contributed by atoms with Crippen LogP contribution in [0.3, 0.4) is 0 Å². The third kappa shape index (κ3) is 2.91. The highest BCUT2D eigenvalue weighted by molar-refractivity contribution is 6.00. The standard InChI is InChI=1S/C16H18FN3O4/c17-12-5-4-10(19-8-6-18-16(19)24)9-11(12)14(21)20-7-2-1-3-13(20)15(22)23/h4-5,9,13H,1-3,6-8H2,(H,18,24)(H,22,23)/t13-/m1/s1. The molecule has 2 N–H and O–H groups in total. The van der Waals surface area contributed by atoms with Crippen LogP contribution in [0.1, 0.15) is 29.6 Å². The van der Waals surface area contributed by atoms with Gasteiger partial charge in [0.2, 0.25) is 0 Å². The maximum atomic E-state index is 14.2. The molecule has 2 fully saturated rings. The van der Waals surface area contributed by atoms with Crippen molar-refractivity contribution in [1.29, 1.82) is 0 Å². The van der Waals surface area contributed by atoms with E-state index < -0.39 is 23.7 Å². The van der Waals surface area contributed by atoms with E-state index in [-0.39, 0.29) is 18.1 Å². The van der Waals surface area contributed by atoms with Gasteiger partial charge in [-0.1, -0.05) is 0 Å². The Morgan fingerprint density at radius 1 is 1.25 bits per heavy atom. The number of carboxylic acids is 1. The van der Waals surface area contributed by atoms with Crippen molar-refractivity contribution in [3.05, 3.63) is 29.6 Å². The van der Waals surface area contributed by atoms with Crippen LogP contribution < -0.4 is 10.2 Å². The summed E-state index contributed by atoms with van der Waals surface area (Å²) in [5, 5.41) is 11.9. The van der Waals surface area contributed by atoms with Gasteiger partial charge in [0.1, 0.15) is 11.9 Å². The number of hydrogen-bond acceptors (Lipinski definition) is 3. The number of carbonyl (C=O) groups excluding carboxylic acids is 2. The number of piperidine rings is 1. The maximum Gasteiger partial charge on any atom is 0.326 e. The van der Waals surface area contributed by atoms with E-state index in [1.807, 2.05) is 0 Å². The molecule has 0 saturated carbocycles. The van der Waals surface area contributed by atoms with Gasteiger partial charge in [-0.05, 0) is 37.5 Å². The Hall–Kier alpha value is -2.64. The highest BCUT2D eigenvalue weighted by Gasteiger charge is 2.34. The molecule has 1 aromatic rings. The van der Waals surface area contributed by atoms with Crippen LogP contribution in [0.15, 0.2) is 18.2 Å². The van der Waals surface area contributed by atoms with E-state index in [4.69, 9.17) is 0 Å². The number of halogens is 1. The molecule has 2 heterocycles. The number of aliphatic carboxylic acids is 1. The van der Waals surface area contributed by atoms with Crippen LogP contribution in [0, 0.1) is 5.82 Å². The van der Waals surface area contributed by atoms with Gasteiger partial charge >= 0.3 is 12.0 Å². The molecule has 2 aliphatic rings. The average Bonchev–Trinajstić information content (AvgIpc) is 3.00. The number of benzene rings is 1. The van der Waals surface area contributed by atoms with E-state index in [2.05, 4.69) is 5.32 Å². The van der Waals surface area contributed by atoms with Gasteiger partial charge in [-0.3, -0.25) is 9.69 Å². The van der Waals surface area contributed by atoms with Gasteiger partial charge in [-0.25, -0.2) is 14.0 Å². The van der Waals surface area contributed by atoms with Crippen molar-refractivity contribution in [3.63, 3.8) is 0 Å². The number of nitrogens with one attached hydrogen (secondary N) is 1. The van der Waals surface area contributed by atoms with Gasteiger partial charge in [-0.15, -0.1) is 0 Å². The minimum absolute atomic E-state index is 0.208. The number of anilines is 1. The molecule has 8 heteroatoms. The van der Waals surface area contributed by atoms with Gasteiger partial charge in [0, 0.05) is 25.3 Å². The molecular weight excluding hydrogens is 317 g/mol. The van der Waals surface area contributed by atoms with E-state index in [1.54, 1.807) is 0 Å². The summed E-state index contributed by atoms with van der Waals surface area (Å²) in [6.45, 7) is 1.19. The van der Waals surface area contributed by atoms with Crippen molar-refractivity contribution in [2.24, 2.45) is 0 Å². The van der Waals surface area contributed by atoms with Crippen LogP contribution in [0.5, 0.6) is 0 Å². The van der Waals surface area contributed by atoms with Gasteiger partial charge in [0.05, 0.1) is 5.56 Å². The zero-order valence-electron chi connectivity index (χ0n) is 13.0. The van der Waals surface area contributed by atoms with Gasteiger partial charge in [0.25, 0.3) is 5.91 Å². The third-order valence-electron chi connectivity index (χ3n) is 4.40. The summed E-state index contributed by atoms with van der Waals surface area (Å²) in [5.74, 6) is -2.46. The molecule has 7 nitrogen and oxygen atoms in total. The Labute approximate surface area is 138 Å². The largest absolute Gasteiger partial charge is 0.480 e. The highest BCUT2D eigenvalue weighted by atomic mass is 19.1. The molecule has 1 atom stereocenters. The minimum Gasteiger partial charge on any atom is -0.480 e. The van der Waals surface area contributed by atoms with Crippen LogP contribution in [0.2, 0.25) is 0 Å². The summed E-state index contributed by atoms with van der Waals surface area (Å²) in [4.78, 5) is 38.4. The van der Waals surface area contributed by atoms with Crippen molar-refractivity contribution in [3.8, 4) is 0 Å². The molecule has 3 amide bonds. The van der Waals surface area contributed by atoms with Gasteiger partial charge < -0.3 is 15.3 Å². The number of carboxylic acid groups (broad SMARTS) is 1. The van der Waals surface area contributed by atoms with Crippen molar-refractivity contribution < 1.29 is 23.9 Å². The Kier molecular flexibility index (Phi) is 4.37. The fourth-order valence-corrected chi connectivity index (χ4v) is 3.15. The lowest BCUT2D eigenvalue weighted by Crippen LogP contribution is -2.48. The number of amides is 3. The first-order valence-electron chi connectivity index (χ1n) is 7.87. The second-order valence-corrected chi connectivity index (χ2v) is 5.90. The number of hydrogen-bond donors (Lipinski definition) is 2. The fraction of sp³-hybridized carbons (Fsp3) is 0.438. The lowest BCUT2D eigenvalue weighted by atomic mass is 10.0. The Balaban J connectivity index is 1.91. The second kappa shape index (κ2) is 6.46. The smallest absolute Gasteiger partial charge is 0.326 e. The van der Waals surface area contributed by atoms with Crippen LogP contribution in [-0.2, 0) is 4.79 Å². The number of carbonyl (C=O) groups is 3. The molecule has 2 saturated heterocycles. The SMILES string of the molecule is O=C(O)[C@H]1CCCCN1C(=O)c1cc(N2CCNC2=O)ccc1F. The van der Waals surface area contributed by atoms with Crippen molar-refractivity contribution in [1.82, 2.24) is 10.2 Å². The first-order chi connectivity index (χ1) is 11.5. The normalized spacial score (nSPS) is 20.9. The van der Waals surface area contributed by atoms with Crippen LogP contribution in [0.4, 0.5) is 14.9 Å². The highest BCUT2D eigenvalue weighted by Crippen LogP contribution is 2.25. The second-order valence-electron chi connectivity index (χ2n) is 5.90. The number of urea groups is 1. The maximum absolute atomic E-state index is 14.2. The summed E-state index contributed by atoms with van der Waals surface area (Å²) in [5.41, 5.74) is 0.207. The first kappa shape index (κ1) is 16.2. The zero-order chi connectivity index (χ0) is 17.3. The molecule has 128 valence electrons. The monoisotopic (exact) mass is 335 g/mol. The first-order valence-corrected chi connectivity index (χ1v) is 7.87. The van der Waals surface area contributed by atoms with Gasteiger partial charge in [-0.2, -0.15) is 0 Å². The summed E-state index contributed by atoms with van der Waals surface area (Å²) < 4.78 is 14.2. The number of nitrogens with zero attached hydrogens (tertiary/aromatic N) is 2. The van der Waals surface area contributed by atoms with Crippen LogP contribution in [0.25, 0.3) is 0 Å². The van der Waals surface area contributed by atoms with E-state index in [9.17, 15) is 23.9 Å². The molecule has 0 aromatic heterocycles. The molecule has 3 rings (SSSR count). The number of likely N-dealkylation sites (tertiary alicyclic amines) is 1. The molecule has 2 aliphatic heterocycles. The lowest BCUT2D eigenvalue weighted by Gasteiger charge is -2.33. The molecule has 0 bridgehead atoms. The van der Waals surface area contributed by atoms with E-state index >= 15 is 0 Å². The lowest BCUT2D eigenvalue weighted by molar-refractivity contribution is -0.143. The third-order valence-corrected chi connectivity index (χ3v) is 4.40. The van der Waals surface area contributed by atoms with Gasteiger partial charge in [0.15, 0.2) is 0 Å². The van der Waals surface area contributed by atoms with Crippen molar-refractivity contribution >= 4 is 23.6 Å². The summed E-state index contributed by atoms with van der Waals surface area (Å²) in [7, 11) is 0. The Morgan fingerprint density at radius 2 is 2.04 bits per heavy atom. The molecule has 0 aliphatic carbocycles. The van der Waals surface area contributed by atoms with E-state index in [1.165, 1.54) is 21.9 Å². The summed E-state index contributed by atoms with van der Waals surface area (Å²) >= 11 is 0. The molecule has 0 radical (unpaired) electrons. The van der Waals surface area contributed by atoms with Crippen LogP contribution in [-0.4, -0.2) is 53.6 Å². The van der Waals surface area contributed by atoms with Crippen molar-refractivity contribution in [2.75, 3.05) is 24.5 Å². The summed E-state index contributed by atoms with van der Waals surface area (Å²) in [6.07, 6.45) is 1.76. The average molecular weight is 335 g/mol. The van der Waals surface area contributed by atoms with E-state index in [0.717, 1.165) is 12.5 Å². The molecule has 1 aromatic carbocycles. The quantitative estimate of drug-likeness (QED) is 0.874. The predicted octanol–water partition coefficient (Wildman–Crippen LogP) is 1.43. The van der Waals surface area contributed by atoms with E-state index in [0.29, 0.717) is 31.6 Å².